The van der Waals surface area contributed by atoms with Gasteiger partial charge in [0.05, 0.1) is 9.79 Å². The molecule has 2 N–H and O–H groups in total. The fraction of sp³-hybridized carbons (Fsp3) is 0.167. The molecule has 1 aromatic heterocycles. The van der Waals surface area contributed by atoms with Gasteiger partial charge < -0.3 is 4.52 Å². The molecule has 2 aromatic carbocycles. The summed E-state index contributed by atoms with van der Waals surface area (Å²) in [6.45, 7) is 5.24. The summed E-state index contributed by atoms with van der Waals surface area (Å²) >= 11 is 0. The quantitative estimate of drug-likeness (QED) is 0.631. The van der Waals surface area contributed by atoms with Gasteiger partial charge >= 0.3 is 0 Å². The van der Waals surface area contributed by atoms with Crippen molar-refractivity contribution in [3.05, 3.63) is 65.4 Å². The normalized spacial score (nSPS) is 12.0. The highest BCUT2D eigenvalue weighted by atomic mass is 32.2. The van der Waals surface area contributed by atoms with E-state index < -0.39 is 20.0 Å². The molecule has 0 unspecified atom stereocenters. The average Bonchev–Trinajstić information content (AvgIpc) is 2.98. The Morgan fingerprint density at radius 1 is 0.821 bits per heavy atom. The molecule has 148 valence electrons. The van der Waals surface area contributed by atoms with E-state index in [1.54, 1.807) is 26.0 Å². The molecular formula is C18H19N3O5S2. The highest BCUT2D eigenvalue weighted by Crippen LogP contribution is 2.22. The van der Waals surface area contributed by atoms with Crippen molar-refractivity contribution >= 4 is 31.6 Å². The van der Waals surface area contributed by atoms with Crippen molar-refractivity contribution in [2.45, 2.75) is 30.6 Å². The molecule has 3 rings (SSSR count). The summed E-state index contributed by atoms with van der Waals surface area (Å²) in [6.07, 6.45) is 0. The second-order valence-corrected chi connectivity index (χ2v) is 9.66. The molecule has 8 nitrogen and oxygen atoms in total. The molecule has 0 radical (unpaired) electrons. The Morgan fingerprint density at radius 3 is 2.07 bits per heavy atom. The maximum Gasteiger partial charge on any atom is 0.263 e. The number of rotatable bonds is 6. The van der Waals surface area contributed by atoms with Crippen LogP contribution in [0.1, 0.15) is 16.9 Å². The molecule has 28 heavy (non-hydrogen) atoms. The lowest BCUT2D eigenvalue weighted by atomic mass is 10.2. The van der Waals surface area contributed by atoms with Gasteiger partial charge in [0.2, 0.25) is 0 Å². The first-order valence-electron chi connectivity index (χ1n) is 8.23. The number of sulfonamides is 2. The number of benzene rings is 2. The minimum atomic E-state index is -3.87. The van der Waals surface area contributed by atoms with Crippen molar-refractivity contribution < 1.29 is 21.4 Å². The standard InChI is InChI=1S/C18H19N3O5S2/c1-12-4-9-17(13(2)10-12)28(24,25)20-15-5-7-16(8-6-15)27(22,23)21-18-11-14(3)26-19-18/h4-11,20H,1-3H3,(H,19,21). The van der Waals surface area contributed by atoms with E-state index in [0.717, 1.165) is 5.56 Å². The lowest BCUT2D eigenvalue weighted by molar-refractivity contribution is 0.400. The molecule has 3 aromatic rings. The van der Waals surface area contributed by atoms with Crippen molar-refractivity contribution in [2.24, 2.45) is 0 Å². The van der Waals surface area contributed by atoms with E-state index in [1.165, 1.54) is 36.4 Å². The van der Waals surface area contributed by atoms with E-state index in [1.807, 2.05) is 6.92 Å². The average molecular weight is 422 g/mol. The van der Waals surface area contributed by atoms with Gasteiger partial charge in [0.1, 0.15) is 5.76 Å². The zero-order valence-corrected chi connectivity index (χ0v) is 17.1. The van der Waals surface area contributed by atoms with Crippen LogP contribution in [0.3, 0.4) is 0 Å². The van der Waals surface area contributed by atoms with E-state index >= 15 is 0 Å². The molecule has 0 fully saturated rings. The molecule has 0 saturated carbocycles. The van der Waals surface area contributed by atoms with Crippen molar-refractivity contribution in [2.75, 3.05) is 9.44 Å². The minimum Gasteiger partial charge on any atom is -0.360 e. The van der Waals surface area contributed by atoms with Gasteiger partial charge in [-0.1, -0.05) is 22.9 Å². The lowest BCUT2D eigenvalue weighted by Gasteiger charge is -2.11. The third kappa shape index (κ3) is 4.34. The summed E-state index contributed by atoms with van der Waals surface area (Å²) in [5.74, 6) is 0.533. The first-order valence-corrected chi connectivity index (χ1v) is 11.2. The Labute approximate surface area is 163 Å². The molecule has 0 atom stereocenters. The van der Waals surface area contributed by atoms with Gasteiger partial charge in [-0.2, -0.15) is 0 Å². The molecule has 10 heteroatoms. The first kappa shape index (κ1) is 19.9. The lowest BCUT2D eigenvalue weighted by Crippen LogP contribution is -2.15. The molecule has 0 aliphatic rings. The number of hydrogen-bond acceptors (Lipinski definition) is 6. The van der Waals surface area contributed by atoms with E-state index in [2.05, 4.69) is 14.6 Å². The fourth-order valence-corrected chi connectivity index (χ4v) is 4.89. The van der Waals surface area contributed by atoms with Crippen molar-refractivity contribution in [3.8, 4) is 0 Å². The largest absolute Gasteiger partial charge is 0.360 e. The Balaban J connectivity index is 1.80. The van der Waals surface area contributed by atoms with Gasteiger partial charge in [-0.3, -0.25) is 9.44 Å². The van der Waals surface area contributed by atoms with Gasteiger partial charge in [0, 0.05) is 11.8 Å². The monoisotopic (exact) mass is 421 g/mol. The van der Waals surface area contributed by atoms with Crippen LogP contribution in [-0.4, -0.2) is 22.0 Å². The highest BCUT2D eigenvalue weighted by molar-refractivity contribution is 7.93. The summed E-state index contributed by atoms with van der Waals surface area (Å²) in [5.41, 5.74) is 1.83. The highest BCUT2D eigenvalue weighted by Gasteiger charge is 2.19. The summed E-state index contributed by atoms with van der Waals surface area (Å²) in [7, 11) is -7.67. The van der Waals surface area contributed by atoms with Crippen LogP contribution in [-0.2, 0) is 20.0 Å². The molecule has 0 aliphatic heterocycles. The van der Waals surface area contributed by atoms with Crippen LogP contribution in [0.25, 0.3) is 0 Å². The number of aryl methyl sites for hydroxylation is 3. The van der Waals surface area contributed by atoms with Gasteiger partial charge in [0.25, 0.3) is 20.0 Å². The van der Waals surface area contributed by atoms with Crippen LogP contribution < -0.4 is 9.44 Å². The minimum absolute atomic E-state index is 0.0392. The molecular weight excluding hydrogens is 402 g/mol. The van der Waals surface area contributed by atoms with Gasteiger partial charge in [-0.15, -0.1) is 0 Å². The smallest absolute Gasteiger partial charge is 0.263 e. The molecule has 0 spiro atoms. The zero-order valence-electron chi connectivity index (χ0n) is 15.4. The maximum absolute atomic E-state index is 12.6. The van der Waals surface area contributed by atoms with Gasteiger partial charge in [-0.05, 0) is 56.7 Å². The molecule has 0 saturated heterocycles. The Morgan fingerprint density at radius 2 is 1.50 bits per heavy atom. The number of anilines is 2. The van der Waals surface area contributed by atoms with E-state index in [0.29, 0.717) is 11.3 Å². The molecule has 0 amide bonds. The first-order chi connectivity index (χ1) is 13.1. The van der Waals surface area contributed by atoms with Crippen molar-refractivity contribution in [1.29, 1.82) is 0 Å². The topological polar surface area (TPSA) is 118 Å². The molecule has 0 aliphatic carbocycles. The summed E-state index contributed by atoms with van der Waals surface area (Å²) in [4.78, 5) is 0.125. The number of nitrogens with zero attached hydrogens (tertiary/aromatic N) is 1. The van der Waals surface area contributed by atoms with E-state index in [4.69, 9.17) is 4.52 Å². The second-order valence-electron chi connectivity index (χ2n) is 6.33. The predicted molar refractivity (Wildman–Crippen MR) is 105 cm³/mol. The number of hydrogen-bond donors (Lipinski definition) is 2. The van der Waals surface area contributed by atoms with Crippen LogP contribution in [0.15, 0.2) is 62.8 Å². The Kier molecular flexibility index (Phi) is 5.18. The second kappa shape index (κ2) is 7.28. The third-order valence-corrected chi connectivity index (χ3v) is 6.82. The van der Waals surface area contributed by atoms with Crippen LogP contribution in [0.5, 0.6) is 0 Å². The van der Waals surface area contributed by atoms with Crippen LogP contribution >= 0.6 is 0 Å². The molecule has 0 bridgehead atoms. The maximum atomic E-state index is 12.6. The van der Waals surface area contributed by atoms with Crippen molar-refractivity contribution in [3.63, 3.8) is 0 Å². The van der Waals surface area contributed by atoms with Crippen molar-refractivity contribution in [1.82, 2.24) is 5.16 Å². The number of nitrogens with one attached hydrogen (secondary N) is 2. The van der Waals surface area contributed by atoms with E-state index in [-0.39, 0.29) is 21.3 Å². The zero-order chi connectivity index (χ0) is 20.5. The van der Waals surface area contributed by atoms with Crippen LogP contribution in [0.4, 0.5) is 11.5 Å². The fourth-order valence-electron chi connectivity index (χ4n) is 2.62. The van der Waals surface area contributed by atoms with Crippen LogP contribution in [0, 0.1) is 20.8 Å². The Bertz CT molecular complexity index is 1210. The van der Waals surface area contributed by atoms with Gasteiger partial charge in [0.15, 0.2) is 5.82 Å². The van der Waals surface area contributed by atoms with Gasteiger partial charge in [-0.25, -0.2) is 16.8 Å². The summed E-state index contributed by atoms with van der Waals surface area (Å²) < 4.78 is 59.5. The van der Waals surface area contributed by atoms with Crippen LogP contribution in [0.2, 0.25) is 0 Å². The third-order valence-electron chi connectivity index (χ3n) is 3.90. The van der Waals surface area contributed by atoms with E-state index in [9.17, 15) is 16.8 Å². The summed E-state index contributed by atoms with van der Waals surface area (Å²) in [6, 6.07) is 11.8. The predicted octanol–water partition coefficient (Wildman–Crippen LogP) is 3.20. The SMILES string of the molecule is Cc1ccc(S(=O)(=O)Nc2ccc(S(=O)(=O)Nc3cc(C)on3)cc2)c(C)c1. The summed E-state index contributed by atoms with van der Waals surface area (Å²) in [5, 5.41) is 3.58. The molecule has 1 heterocycles. The number of aromatic nitrogens is 1. The Hall–Kier alpha value is -2.85.